The van der Waals surface area contributed by atoms with Gasteiger partial charge in [0.1, 0.15) is 4.90 Å². The minimum atomic E-state index is -3.85. The topological polar surface area (TPSA) is 92.8 Å². The van der Waals surface area contributed by atoms with Crippen LogP contribution in [0.25, 0.3) is 0 Å². The maximum absolute atomic E-state index is 12.8. The lowest BCUT2D eigenvalue weighted by atomic mass is 10.0. The number of benzene rings is 2. The first kappa shape index (κ1) is 23.9. The molecule has 0 saturated heterocycles. The van der Waals surface area contributed by atoms with Crippen LogP contribution in [0.5, 0.6) is 0 Å². The minimum absolute atomic E-state index is 0.0219. The van der Waals surface area contributed by atoms with Gasteiger partial charge in [0, 0.05) is 12.1 Å². The number of nitrogens with zero attached hydrogens (tertiary/aromatic N) is 1. The molecule has 162 valence electrons. The van der Waals surface area contributed by atoms with Gasteiger partial charge < -0.3 is 9.64 Å². The zero-order valence-corrected chi connectivity index (χ0v) is 18.9. The monoisotopic (exact) mass is 452 g/mol. The molecule has 0 heterocycles. The van der Waals surface area contributed by atoms with Gasteiger partial charge in [0.2, 0.25) is 10.0 Å². The van der Waals surface area contributed by atoms with E-state index in [1.165, 1.54) is 19.2 Å². The van der Waals surface area contributed by atoms with Gasteiger partial charge in [-0.3, -0.25) is 4.79 Å². The summed E-state index contributed by atoms with van der Waals surface area (Å²) in [5.41, 5.74) is 0.436. The van der Waals surface area contributed by atoms with E-state index in [9.17, 15) is 18.0 Å². The van der Waals surface area contributed by atoms with Crippen LogP contribution in [-0.4, -0.2) is 44.4 Å². The molecule has 0 aromatic heterocycles. The standard InChI is InChI=1S/C21H25ClN2O5S/c1-21(2,3)24(13-15-8-6-5-7-9-15)19(25)14-29-20(26)16-10-11-17(22)18(12-16)30(27,28)23-4/h5-12,23H,13-14H2,1-4H3. The van der Waals surface area contributed by atoms with Crippen molar-refractivity contribution in [2.75, 3.05) is 13.7 Å². The van der Waals surface area contributed by atoms with Gasteiger partial charge in [-0.1, -0.05) is 41.9 Å². The van der Waals surface area contributed by atoms with Gasteiger partial charge >= 0.3 is 5.97 Å². The van der Waals surface area contributed by atoms with Crippen molar-refractivity contribution in [3.63, 3.8) is 0 Å². The summed E-state index contributed by atoms with van der Waals surface area (Å²) in [6.07, 6.45) is 0. The SMILES string of the molecule is CNS(=O)(=O)c1cc(C(=O)OCC(=O)N(Cc2ccccc2)C(C)(C)C)ccc1Cl. The number of halogens is 1. The molecule has 0 atom stereocenters. The summed E-state index contributed by atoms with van der Waals surface area (Å²) in [5.74, 6) is -1.18. The summed E-state index contributed by atoms with van der Waals surface area (Å²) < 4.78 is 31.4. The summed E-state index contributed by atoms with van der Waals surface area (Å²) in [4.78, 5) is 26.6. The Kier molecular flexibility index (Phi) is 7.63. The highest BCUT2D eigenvalue weighted by Crippen LogP contribution is 2.23. The number of rotatable bonds is 7. The summed E-state index contributed by atoms with van der Waals surface area (Å²) in [7, 11) is -2.61. The molecule has 7 nitrogen and oxygen atoms in total. The summed E-state index contributed by atoms with van der Waals surface area (Å²) in [6, 6.07) is 13.2. The molecular weight excluding hydrogens is 428 g/mol. The number of esters is 1. The predicted molar refractivity (Wildman–Crippen MR) is 115 cm³/mol. The van der Waals surface area contributed by atoms with Gasteiger partial charge in [-0.15, -0.1) is 0 Å². The van der Waals surface area contributed by atoms with Gasteiger partial charge in [0.15, 0.2) is 6.61 Å². The highest BCUT2D eigenvalue weighted by molar-refractivity contribution is 7.89. The number of carbonyl (C=O) groups excluding carboxylic acids is 2. The van der Waals surface area contributed by atoms with Crippen LogP contribution in [0.15, 0.2) is 53.4 Å². The van der Waals surface area contributed by atoms with E-state index in [0.29, 0.717) is 6.54 Å². The third-order valence-electron chi connectivity index (χ3n) is 4.35. The first-order chi connectivity index (χ1) is 14.0. The number of ether oxygens (including phenoxy) is 1. The fraction of sp³-hybridized carbons (Fsp3) is 0.333. The van der Waals surface area contributed by atoms with E-state index in [1.54, 1.807) is 4.90 Å². The second-order valence-electron chi connectivity index (χ2n) is 7.57. The number of hydrogen-bond acceptors (Lipinski definition) is 5. The van der Waals surface area contributed by atoms with Crippen molar-refractivity contribution in [2.45, 2.75) is 37.8 Å². The fourth-order valence-corrected chi connectivity index (χ4v) is 3.95. The Morgan fingerprint density at radius 1 is 1.10 bits per heavy atom. The zero-order valence-electron chi connectivity index (χ0n) is 17.3. The van der Waals surface area contributed by atoms with Crippen molar-refractivity contribution >= 4 is 33.5 Å². The largest absolute Gasteiger partial charge is 0.452 e. The summed E-state index contributed by atoms with van der Waals surface area (Å²) in [6.45, 7) is 5.57. The maximum atomic E-state index is 12.8. The molecule has 0 aliphatic heterocycles. The molecule has 1 N–H and O–H groups in total. The van der Waals surface area contributed by atoms with Gasteiger partial charge in [-0.05, 0) is 51.6 Å². The van der Waals surface area contributed by atoms with Crippen LogP contribution < -0.4 is 4.72 Å². The number of hydrogen-bond donors (Lipinski definition) is 1. The van der Waals surface area contributed by atoms with Crippen molar-refractivity contribution in [3.05, 3.63) is 64.7 Å². The van der Waals surface area contributed by atoms with Gasteiger partial charge in [-0.25, -0.2) is 17.9 Å². The molecule has 2 aromatic rings. The lowest BCUT2D eigenvalue weighted by Crippen LogP contribution is -2.46. The predicted octanol–water partition coefficient (Wildman–Crippen LogP) is 3.23. The molecule has 9 heteroatoms. The van der Waals surface area contributed by atoms with Gasteiger partial charge in [-0.2, -0.15) is 0 Å². The Bertz CT molecular complexity index is 1020. The third-order valence-corrected chi connectivity index (χ3v) is 6.24. The first-order valence-corrected chi connectivity index (χ1v) is 11.1. The van der Waals surface area contributed by atoms with Crippen molar-refractivity contribution in [3.8, 4) is 0 Å². The van der Waals surface area contributed by atoms with Crippen molar-refractivity contribution in [1.29, 1.82) is 0 Å². The van der Waals surface area contributed by atoms with E-state index in [2.05, 4.69) is 4.72 Å². The van der Waals surface area contributed by atoms with Crippen LogP contribution in [0.4, 0.5) is 0 Å². The maximum Gasteiger partial charge on any atom is 0.338 e. The Labute approximate surface area is 182 Å². The molecule has 1 amide bonds. The Balaban J connectivity index is 2.14. The molecule has 2 rings (SSSR count). The summed E-state index contributed by atoms with van der Waals surface area (Å²) >= 11 is 5.93. The number of amides is 1. The van der Waals surface area contributed by atoms with Crippen LogP contribution in [0.2, 0.25) is 5.02 Å². The van der Waals surface area contributed by atoms with E-state index >= 15 is 0 Å². The second-order valence-corrected chi connectivity index (χ2v) is 9.83. The zero-order chi connectivity index (χ0) is 22.5. The van der Waals surface area contributed by atoms with E-state index < -0.39 is 28.1 Å². The Morgan fingerprint density at radius 2 is 1.73 bits per heavy atom. The molecule has 0 unspecified atom stereocenters. The van der Waals surface area contributed by atoms with Crippen LogP contribution >= 0.6 is 11.6 Å². The second kappa shape index (κ2) is 9.59. The highest BCUT2D eigenvalue weighted by atomic mass is 35.5. The number of sulfonamides is 1. The molecule has 2 aromatic carbocycles. The molecule has 0 fully saturated rings. The van der Waals surface area contributed by atoms with Crippen molar-refractivity contribution in [1.82, 2.24) is 9.62 Å². The number of carbonyl (C=O) groups is 2. The van der Waals surface area contributed by atoms with Gasteiger partial charge in [0.05, 0.1) is 10.6 Å². The highest BCUT2D eigenvalue weighted by Gasteiger charge is 2.28. The van der Waals surface area contributed by atoms with E-state index in [0.717, 1.165) is 11.6 Å². The lowest BCUT2D eigenvalue weighted by molar-refractivity contribution is -0.140. The van der Waals surface area contributed by atoms with E-state index in [4.69, 9.17) is 16.3 Å². The van der Waals surface area contributed by atoms with E-state index in [-0.39, 0.29) is 21.4 Å². The fourth-order valence-electron chi connectivity index (χ4n) is 2.70. The summed E-state index contributed by atoms with van der Waals surface area (Å²) in [5, 5.41) is -0.0289. The minimum Gasteiger partial charge on any atom is -0.452 e. The average molecular weight is 453 g/mol. The van der Waals surface area contributed by atoms with Crippen molar-refractivity contribution in [2.24, 2.45) is 0 Å². The molecule has 0 radical (unpaired) electrons. The third kappa shape index (κ3) is 6.04. The Hall–Kier alpha value is -2.42. The molecule has 0 aliphatic rings. The molecule has 0 bridgehead atoms. The van der Waals surface area contributed by atoms with Crippen molar-refractivity contribution < 1.29 is 22.7 Å². The molecular formula is C21H25ClN2O5S. The molecule has 0 saturated carbocycles. The van der Waals surface area contributed by atoms with E-state index in [1.807, 2.05) is 51.1 Å². The number of nitrogens with one attached hydrogen (secondary N) is 1. The van der Waals surface area contributed by atoms with Crippen LogP contribution in [0, 0.1) is 0 Å². The molecule has 0 aliphatic carbocycles. The first-order valence-electron chi connectivity index (χ1n) is 9.20. The smallest absolute Gasteiger partial charge is 0.338 e. The lowest BCUT2D eigenvalue weighted by Gasteiger charge is -2.35. The van der Waals surface area contributed by atoms with Crippen LogP contribution in [0.3, 0.4) is 0 Å². The Morgan fingerprint density at radius 3 is 2.30 bits per heavy atom. The quantitative estimate of drug-likeness (QED) is 0.651. The van der Waals surface area contributed by atoms with Crippen LogP contribution in [-0.2, 0) is 26.1 Å². The molecule has 0 spiro atoms. The van der Waals surface area contributed by atoms with Gasteiger partial charge in [0.25, 0.3) is 5.91 Å². The van der Waals surface area contributed by atoms with Crippen LogP contribution in [0.1, 0.15) is 36.7 Å². The average Bonchev–Trinajstić information content (AvgIpc) is 2.70. The normalized spacial score (nSPS) is 11.8. The molecule has 30 heavy (non-hydrogen) atoms.